The first-order valence-corrected chi connectivity index (χ1v) is 9.05. The fraction of sp³-hybridized carbons (Fsp3) is 0.333. The average molecular weight is 321 g/mol. The first-order valence-electron chi connectivity index (χ1n) is 9.05. The molecule has 0 atom stereocenters. The van der Waals surface area contributed by atoms with Gasteiger partial charge in [0.15, 0.2) is 0 Å². The third-order valence-electron chi connectivity index (χ3n) is 5.35. The fourth-order valence-electron chi connectivity index (χ4n) is 3.85. The Bertz CT molecular complexity index is 795. The van der Waals surface area contributed by atoms with E-state index in [1.165, 1.54) is 60.3 Å². The number of aryl methyl sites for hydroxylation is 1. The topological polar surface area (TPSA) is 24.7 Å². The Morgan fingerprint density at radius 1 is 0.833 bits per heavy atom. The molecule has 1 aliphatic heterocycles. The highest BCUT2D eigenvalue weighted by Crippen LogP contribution is 2.16. The van der Waals surface area contributed by atoms with Crippen LogP contribution in [0.4, 0.5) is 0 Å². The molecule has 1 aliphatic rings. The van der Waals surface area contributed by atoms with Crippen LogP contribution in [0.5, 0.6) is 0 Å². The van der Waals surface area contributed by atoms with Crippen LogP contribution in [0.2, 0.25) is 0 Å². The smallest absolute Gasteiger partial charge is 0.127 e. The van der Waals surface area contributed by atoms with Gasteiger partial charge >= 0.3 is 0 Å². The largest absolute Gasteiger partial charge is 0.361 e. The lowest BCUT2D eigenvalue weighted by Gasteiger charge is -2.29. The maximum Gasteiger partial charge on any atom is 0.127 e. The molecule has 1 saturated heterocycles. The molecule has 3 heteroatoms. The number of H-pyrrole nitrogens is 1. The van der Waals surface area contributed by atoms with E-state index in [1.807, 2.05) is 0 Å². The normalized spacial score (nSPS) is 21.2. The van der Waals surface area contributed by atoms with Gasteiger partial charge in [0.2, 0.25) is 0 Å². The summed E-state index contributed by atoms with van der Waals surface area (Å²) >= 11 is 0. The highest BCUT2D eigenvalue weighted by atomic mass is 15.3. The zero-order chi connectivity index (χ0) is 16.4. The number of aromatic amines is 1. The lowest BCUT2D eigenvalue weighted by atomic mass is 10.1. The molecule has 2 heterocycles. The Kier molecular flexibility index (Phi) is 4.37. The van der Waals surface area contributed by atoms with Gasteiger partial charge in [-0.3, -0.25) is 0 Å². The number of rotatable bonds is 4. The Morgan fingerprint density at radius 2 is 1.50 bits per heavy atom. The molecule has 4 rings (SSSR count). The molecule has 3 N–H and O–H groups in total. The molecular weight excluding hydrogens is 294 g/mol. The molecule has 2 aromatic carbocycles. The van der Waals surface area contributed by atoms with Crippen molar-refractivity contribution in [3.05, 3.63) is 71.4 Å². The van der Waals surface area contributed by atoms with Crippen LogP contribution in [-0.2, 0) is 13.1 Å². The van der Waals surface area contributed by atoms with Gasteiger partial charge in [-0.25, -0.2) is 0 Å². The second kappa shape index (κ2) is 6.80. The maximum absolute atomic E-state index is 3.41. The van der Waals surface area contributed by atoms with E-state index in [2.05, 4.69) is 66.6 Å². The van der Waals surface area contributed by atoms with E-state index in [4.69, 9.17) is 0 Å². The predicted molar refractivity (Wildman–Crippen MR) is 98.3 cm³/mol. The van der Waals surface area contributed by atoms with Crippen LogP contribution >= 0.6 is 0 Å². The number of hydrogen-bond donors (Lipinski definition) is 3. The van der Waals surface area contributed by atoms with Crippen LogP contribution in [0.3, 0.4) is 0 Å². The summed E-state index contributed by atoms with van der Waals surface area (Å²) in [4.78, 5) is 6.84. The summed E-state index contributed by atoms with van der Waals surface area (Å²) in [7, 11) is 0. The molecule has 0 saturated carbocycles. The minimum atomic E-state index is 1.14. The number of benzene rings is 2. The molecule has 1 aromatic heterocycles. The predicted octanol–water partition coefficient (Wildman–Crippen LogP) is 0.960. The second-order valence-corrected chi connectivity index (χ2v) is 7.20. The highest BCUT2D eigenvalue weighted by molar-refractivity contribution is 5.82. The SMILES string of the molecule is Cc1ccc(C[NH+]2CC[NH+](Cc3c[nH]c4ccccc34)CC2)cc1. The zero-order valence-electron chi connectivity index (χ0n) is 14.4. The summed E-state index contributed by atoms with van der Waals surface area (Å²) in [6.45, 7) is 9.53. The van der Waals surface area contributed by atoms with Gasteiger partial charge in [0.25, 0.3) is 0 Å². The molecule has 3 nitrogen and oxygen atoms in total. The van der Waals surface area contributed by atoms with Crippen LogP contribution in [0, 0.1) is 6.92 Å². The standard InChI is InChI=1S/C21H25N3/c1-17-6-8-18(9-7-17)15-23-10-12-24(13-11-23)16-19-14-22-21-5-3-2-4-20(19)21/h2-9,14,22H,10-13,15-16H2,1H3/p+2. The number of hydrogen-bond acceptors (Lipinski definition) is 0. The summed E-state index contributed by atoms with van der Waals surface area (Å²) in [6, 6.07) is 17.7. The minimum absolute atomic E-state index is 1.14. The lowest BCUT2D eigenvalue weighted by molar-refractivity contribution is -1.02. The van der Waals surface area contributed by atoms with E-state index in [0.717, 1.165) is 6.54 Å². The Hall–Kier alpha value is -2.10. The molecule has 0 bridgehead atoms. The van der Waals surface area contributed by atoms with Gasteiger partial charge in [-0.2, -0.15) is 0 Å². The Morgan fingerprint density at radius 3 is 2.25 bits per heavy atom. The van der Waals surface area contributed by atoms with Gasteiger partial charge in [0, 0.05) is 28.2 Å². The minimum Gasteiger partial charge on any atom is -0.361 e. The monoisotopic (exact) mass is 321 g/mol. The molecule has 0 aliphatic carbocycles. The van der Waals surface area contributed by atoms with Crippen molar-refractivity contribution in [3.8, 4) is 0 Å². The van der Waals surface area contributed by atoms with Crippen LogP contribution in [0.15, 0.2) is 54.7 Å². The number of fused-ring (bicyclic) bond motifs is 1. The summed E-state index contributed by atoms with van der Waals surface area (Å²) in [5.74, 6) is 0. The van der Waals surface area contributed by atoms with Gasteiger partial charge in [-0.1, -0.05) is 48.0 Å². The van der Waals surface area contributed by atoms with Crippen LogP contribution in [-0.4, -0.2) is 31.2 Å². The van der Waals surface area contributed by atoms with Crippen molar-refractivity contribution in [2.24, 2.45) is 0 Å². The van der Waals surface area contributed by atoms with Crippen LogP contribution < -0.4 is 9.80 Å². The molecule has 124 valence electrons. The summed E-state index contributed by atoms with van der Waals surface area (Å²) in [6.07, 6.45) is 2.20. The molecular formula is C21H27N3+2. The van der Waals surface area contributed by atoms with Crippen molar-refractivity contribution in [2.75, 3.05) is 26.2 Å². The summed E-state index contributed by atoms with van der Waals surface area (Å²) in [5, 5.41) is 1.39. The molecule has 0 spiro atoms. The van der Waals surface area contributed by atoms with E-state index in [9.17, 15) is 0 Å². The lowest BCUT2D eigenvalue weighted by Crippen LogP contribution is -3.27. The zero-order valence-corrected chi connectivity index (χ0v) is 14.4. The number of nitrogens with one attached hydrogen (secondary N) is 3. The van der Waals surface area contributed by atoms with Gasteiger partial charge in [0.05, 0.1) is 0 Å². The van der Waals surface area contributed by atoms with Crippen molar-refractivity contribution in [1.29, 1.82) is 0 Å². The quantitative estimate of drug-likeness (QED) is 0.638. The molecule has 0 radical (unpaired) electrons. The number of quaternary nitrogens is 2. The number of piperazine rings is 1. The maximum atomic E-state index is 3.41. The van der Waals surface area contributed by atoms with Crippen molar-refractivity contribution >= 4 is 10.9 Å². The molecule has 3 aromatic rings. The van der Waals surface area contributed by atoms with Crippen molar-refractivity contribution < 1.29 is 9.80 Å². The molecule has 0 amide bonds. The molecule has 24 heavy (non-hydrogen) atoms. The third-order valence-corrected chi connectivity index (χ3v) is 5.35. The van der Waals surface area contributed by atoms with E-state index in [-0.39, 0.29) is 0 Å². The Labute approximate surface area is 143 Å². The van der Waals surface area contributed by atoms with Crippen LogP contribution in [0.1, 0.15) is 16.7 Å². The van der Waals surface area contributed by atoms with E-state index >= 15 is 0 Å². The Balaban J connectivity index is 1.33. The average Bonchev–Trinajstić information content (AvgIpc) is 3.02. The first-order chi connectivity index (χ1) is 11.8. The van der Waals surface area contributed by atoms with E-state index < -0.39 is 0 Å². The molecule has 1 fully saturated rings. The van der Waals surface area contributed by atoms with E-state index in [1.54, 1.807) is 9.80 Å². The van der Waals surface area contributed by atoms with Crippen molar-refractivity contribution in [3.63, 3.8) is 0 Å². The second-order valence-electron chi connectivity index (χ2n) is 7.20. The van der Waals surface area contributed by atoms with Crippen molar-refractivity contribution in [2.45, 2.75) is 20.0 Å². The van der Waals surface area contributed by atoms with Crippen LogP contribution in [0.25, 0.3) is 10.9 Å². The highest BCUT2D eigenvalue weighted by Gasteiger charge is 2.23. The third kappa shape index (κ3) is 3.37. The summed E-state index contributed by atoms with van der Waals surface area (Å²) in [5.41, 5.74) is 5.54. The fourth-order valence-corrected chi connectivity index (χ4v) is 3.85. The summed E-state index contributed by atoms with van der Waals surface area (Å²) < 4.78 is 0. The van der Waals surface area contributed by atoms with Gasteiger partial charge in [0.1, 0.15) is 39.3 Å². The van der Waals surface area contributed by atoms with Gasteiger partial charge < -0.3 is 14.8 Å². The van der Waals surface area contributed by atoms with Gasteiger partial charge in [-0.15, -0.1) is 0 Å². The first kappa shape index (κ1) is 15.4. The number of aromatic nitrogens is 1. The molecule has 0 unspecified atom stereocenters. The van der Waals surface area contributed by atoms with E-state index in [0.29, 0.717) is 0 Å². The van der Waals surface area contributed by atoms with Gasteiger partial charge in [-0.05, 0) is 13.0 Å². The van der Waals surface area contributed by atoms with Crippen molar-refractivity contribution in [1.82, 2.24) is 4.98 Å². The number of para-hydroxylation sites is 1.